The molecule has 0 aromatic heterocycles. The van der Waals surface area contributed by atoms with Gasteiger partial charge in [0.1, 0.15) is 5.56 Å². The molecule has 0 spiro atoms. The van der Waals surface area contributed by atoms with Crippen molar-refractivity contribution >= 4 is 29.0 Å². The minimum Gasteiger partial charge on any atom is -0.478 e. The monoisotopic (exact) mass is 280 g/mol. The molecule has 1 N–H and O–H groups in total. The Balaban J connectivity index is 3.00. The minimum atomic E-state index is -1.04. The average Bonchev–Trinajstić information content (AvgIpc) is 2.05. The number of carboxylic acids is 1. The lowest BCUT2D eigenvalue weighted by atomic mass is 10.2. The molecule has 1 aromatic carbocycles. The van der Waals surface area contributed by atoms with Crippen molar-refractivity contribution in [1.82, 2.24) is 0 Å². The summed E-state index contributed by atoms with van der Waals surface area (Å²) in [5.41, 5.74) is 0.0779. The number of halogens is 1. The molecule has 0 radical (unpaired) electrons. The number of carbonyl (C=O) groups is 1. The predicted octanol–water partition coefficient (Wildman–Crippen LogP) is 2.05. The summed E-state index contributed by atoms with van der Waals surface area (Å²) >= 11 is 1.52. The maximum atomic E-state index is 10.6. The summed E-state index contributed by atoms with van der Waals surface area (Å²) in [6.45, 7) is 0. The summed E-state index contributed by atoms with van der Waals surface area (Å²) < 4.78 is 4.33. The summed E-state index contributed by atoms with van der Waals surface area (Å²) in [6.07, 6.45) is 0. The minimum absolute atomic E-state index is 0.0779. The number of para-hydroxylation sites is 1. The molecule has 0 amide bonds. The van der Waals surface area contributed by atoms with Gasteiger partial charge in [-0.1, -0.05) is 12.1 Å². The zero-order chi connectivity index (χ0) is 8.97. The van der Waals surface area contributed by atoms with Gasteiger partial charge >= 0.3 is 5.97 Å². The Bertz CT molecular complexity index is 286. The predicted molar refractivity (Wildman–Crippen MR) is 49.1 cm³/mol. The van der Waals surface area contributed by atoms with Crippen molar-refractivity contribution in [2.24, 2.45) is 0 Å². The van der Waals surface area contributed by atoms with E-state index in [1.54, 1.807) is 12.1 Å². The molecule has 0 bridgehead atoms. The van der Waals surface area contributed by atoms with Gasteiger partial charge in [-0.05, 0) is 12.1 Å². The third-order valence-electron chi connectivity index (χ3n) is 1.24. The molecular formula is C7H5IO4. The van der Waals surface area contributed by atoms with E-state index in [1.807, 2.05) is 0 Å². The summed E-state index contributed by atoms with van der Waals surface area (Å²) in [5, 5.41) is 8.65. The lowest BCUT2D eigenvalue weighted by molar-refractivity contribution is -0.0481. The molecule has 0 aliphatic carbocycles. The zero-order valence-electron chi connectivity index (χ0n) is 5.86. The van der Waals surface area contributed by atoms with Crippen LogP contribution in [-0.4, -0.2) is 11.1 Å². The smallest absolute Gasteiger partial charge is 0.339 e. The molecule has 1 rings (SSSR count). The van der Waals surface area contributed by atoms with Gasteiger partial charge in [-0.15, -0.1) is 3.22 Å². The summed E-state index contributed by atoms with van der Waals surface area (Å²) in [4.78, 5) is 15.2. The Morgan fingerprint density at radius 2 is 2.08 bits per heavy atom. The number of hydrogen-bond acceptors (Lipinski definition) is 3. The van der Waals surface area contributed by atoms with Gasteiger partial charge in [0.25, 0.3) is 0 Å². The largest absolute Gasteiger partial charge is 0.478 e. The van der Waals surface area contributed by atoms with Crippen LogP contribution in [0.5, 0.6) is 5.75 Å². The standard InChI is InChI=1S/C7H5IO4/c8-12-11-6-4-2-1-3-5(6)7(9)10/h1-4H,(H,9,10). The van der Waals surface area contributed by atoms with Crippen molar-refractivity contribution in [3.05, 3.63) is 29.8 Å². The van der Waals surface area contributed by atoms with Gasteiger partial charge in [0.15, 0.2) is 28.8 Å². The van der Waals surface area contributed by atoms with Gasteiger partial charge in [0, 0.05) is 0 Å². The van der Waals surface area contributed by atoms with Crippen LogP contribution in [0.25, 0.3) is 0 Å². The van der Waals surface area contributed by atoms with E-state index in [4.69, 9.17) is 5.11 Å². The molecule has 0 fully saturated rings. The van der Waals surface area contributed by atoms with E-state index in [0.717, 1.165) is 0 Å². The number of aromatic carboxylic acids is 1. The van der Waals surface area contributed by atoms with Crippen molar-refractivity contribution in [3.63, 3.8) is 0 Å². The first-order valence-corrected chi connectivity index (χ1v) is 3.91. The fourth-order valence-electron chi connectivity index (χ4n) is 0.750. The zero-order valence-corrected chi connectivity index (χ0v) is 8.02. The summed E-state index contributed by atoms with van der Waals surface area (Å²) in [7, 11) is 0. The average molecular weight is 280 g/mol. The third-order valence-corrected chi connectivity index (χ3v) is 1.42. The van der Waals surface area contributed by atoms with Gasteiger partial charge in [0.2, 0.25) is 0 Å². The fraction of sp³-hybridized carbons (Fsp3) is 0. The lowest BCUT2D eigenvalue weighted by Gasteiger charge is -2.01. The SMILES string of the molecule is O=C(O)c1ccccc1OOI. The van der Waals surface area contributed by atoms with E-state index in [2.05, 4.69) is 8.10 Å². The van der Waals surface area contributed by atoms with Crippen molar-refractivity contribution in [3.8, 4) is 5.75 Å². The van der Waals surface area contributed by atoms with Crippen molar-refractivity contribution in [2.45, 2.75) is 0 Å². The Kier molecular flexibility index (Phi) is 3.30. The quantitative estimate of drug-likeness (QED) is 0.523. The highest BCUT2D eigenvalue weighted by Gasteiger charge is 2.10. The van der Waals surface area contributed by atoms with Crippen LogP contribution in [0.15, 0.2) is 24.3 Å². The molecule has 4 nitrogen and oxygen atoms in total. The molecule has 0 saturated carbocycles. The lowest BCUT2D eigenvalue weighted by Crippen LogP contribution is -2.00. The second-order valence-electron chi connectivity index (χ2n) is 1.95. The maximum absolute atomic E-state index is 10.6. The number of hydrogen-bond donors (Lipinski definition) is 1. The number of carboxylic acid groups (broad SMARTS) is 1. The van der Waals surface area contributed by atoms with Gasteiger partial charge in [-0.3, -0.25) is 0 Å². The van der Waals surface area contributed by atoms with Gasteiger partial charge in [-0.25, -0.2) is 4.79 Å². The van der Waals surface area contributed by atoms with E-state index >= 15 is 0 Å². The van der Waals surface area contributed by atoms with Crippen LogP contribution in [0.1, 0.15) is 10.4 Å². The molecular weight excluding hydrogens is 275 g/mol. The van der Waals surface area contributed by atoms with E-state index < -0.39 is 5.97 Å². The van der Waals surface area contributed by atoms with E-state index in [9.17, 15) is 4.79 Å². The van der Waals surface area contributed by atoms with Gasteiger partial charge in [-0.2, -0.15) is 0 Å². The molecule has 0 aliphatic heterocycles. The van der Waals surface area contributed by atoms with E-state index in [1.165, 1.54) is 35.1 Å². The highest BCUT2D eigenvalue weighted by atomic mass is 127. The first-order valence-electron chi connectivity index (χ1n) is 3.03. The summed E-state index contributed by atoms with van der Waals surface area (Å²) in [6, 6.07) is 6.23. The summed E-state index contributed by atoms with van der Waals surface area (Å²) in [5.74, 6) is -0.849. The Labute approximate surface area is 82.7 Å². The highest BCUT2D eigenvalue weighted by molar-refractivity contribution is 14.1. The molecule has 0 unspecified atom stereocenters. The molecule has 0 atom stereocenters. The second-order valence-corrected chi connectivity index (χ2v) is 2.31. The Morgan fingerprint density at radius 3 is 2.67 bits per heavy atom. The molecule has 5 heteroatoms. The van der Waals surface area contributed by atoms with Crippen LogP contribution in [0.2, 0.25) is 0 Å². The van der Waals surface area contributed by atoms with Crippen LogP contribution in [0.3, 0.4) is 0 Å². The molecule has 0 aliphatic rings. The topological polar surface area (TPSA) is 55.8 Å². The maximum Gasteiger partial charge on any atom is 0.339 e. The van der Waals surface area contributed by atoms with E-state index in [-0.39, 0.29) is 11.3 Å². The molecule has 0 heterocycles. The Morgan fingerprint density at radius 1 is 1.42 bits per heavy atom. The highest BCUT2D eigenvalue weighted by Crippen LogP contribution is 2.18. The first kappa shape index (κ1) is 9.27. The fourth-order valence-corrected chi connectivity index (χ4v) is 0.944. The van der Waals surface area contributed by atoms with Crippen LogP contribution in [0.4, 0.5) is 0 Å². The van der Waals surface area contributed by atoms with Gasteiger partial charge < -0.3 is 9.99 Å². The molecule has 0 saturated heterocycles. The molecule has 1 aromatic rings. The van der Waals surface area contributed by atoms with Crippen molar-refractivity contribution < 1.29 is 18.0 Å². The van der Waals surface area contributed by atoms with Crippen LogP contribution >= 0.6 is 23.0 Å². The molecule has 64 valence electrons. The van der Waals surface area contributed by atoms with Gasteiger partial charge in [0.05, 0.1) is 0 Å². The van der Waals surface area contributed by atoms with Crippen LogP contribution < -0.4 is 4.89 Å². The van der Waals surface area contributed by atoms with Crippen LogP contribution in [0, 0.1) is 0 Å². The van der Waals surface area contributed by atoms with Crippen molar-refractivity contribution in [1.29, 1.82) is 0 Å². The second kappa shape index (κ2) is 4.27. The van der Waals surface area contributed by atoms with Crippen LogP contribution in [-0.2, 0) is 3.22 Å². The Hall–Kier alpha value is -0.820. The first-order chi connectivity index (χ1) is 5.75. The normalized spacial score (nSPS) is 9.42. The number of rotatable bonds is 3. The van der Waals surface area contributed by atoms with E-state index in [0.29, 0.717) is 0 Å². The third kappa shape index (κ3) is 2.08. The van der Waals surface area contributed by atoms with Crippen molar-refractivity contribution in [2.75, 3.05) is 0 Å². The molecule has 12 heavy (non-hydrogen) atoms. The number of benzene rings is 1.